The van der Waals surface area contributed by atoms with Gasteiger partial charge in [0.1, 0.15) is 6.61 Å². The van der Waals surface area contributed by atoms with Gasteiger partial charge >= 0.3 is 5.69 Å². The molecule has 2 N–H and O–H groups in total. The van der Waals surface area contributed by atoms with Crippen LogP contribution >= 0.6 is 0 Å². The lowest BCUT2D eigenvalue weighted by molar-refractivity contribution is 0.359. The summed E-state index contributed by atoms with van der Waals surface area (Å²) in [5.74, 6) is 1.17. The molecule has 0 saturated carbocycles. The Morgan fingerprint density at radius 1 is 1.24 bits per heavy atom. The van der Waals surface area contributed by atoms with Crippen LogP contribution in [0.3, 0.4) is 0 Å². The molecule has 4 rings (SSSR count). The zero-order chi connectivity index (χ0) is 17.2. The van der Waals surface area contributed by atoms with Crippen LogP contribution in [-0.2, 0) is 0 Å². The van der Waals surface area contributed by atoms with E-state index in [1.54, 1.807) is 42.6 Å². The first kappa shape index (κ1) is 14.9. The fraction of sp³-hybridized carbons (Fsp3) is 0.0588. The fourth-order valence-electron chi connectivity index (χ4n) is 2.42. The minimum atomic E-state index is -0.265. The van der Waals surface area contributed by atoms with Gasteiger partial charge in [-0.15, -0.1) is 0 Å². The molecule has 0 fully saturated rings. The van der Waals surface area contributed by atoms with E-state index in [1.807, 2.05) is 0 Å². The molecule has 0 radical (unpaired) electrons. The summed E-state index contributed by atoms with van der Waals surface area (Å²) >= 11 is 0. The maximum absolute atomic E-state index is 11.4. The van der Waals surface area contributed by atoms with Crippen LogP contribution in [-0.4, -0.2) is 31.7 Å². The molecule has 0 unspecified atom stereocenters. The Bertz CT molecular complexity index is 1110. The molecule has 0 aliphatic rings. The molecule has 0 aliphatic carbocycles. The van der Waals surface area contributed by atoms with Crippen LogP contribution in [0.25, 0.3) is 34.0 Å². The second-order valence-corrected chi connectivity index (χ2v) is 5.21. The van der Waals surface area contributed by atoms with Crippen LogP contribution < -0.4 is 10.4 Å². The van der Waals surface area contributed by atoms with Gasteiger partial charge in [-0.1, -0.05) is 17.8 Å². The lowest BCUT2D eigenvalue weighted by Crippen LogP contribution is -1.99. The Balaban J connectivity index is 1.72. The quantitative estimate of drug-likeness (QED) is 0.542. The molecule has 0 atom stereocenters. The number of aromatic amines is 2. The van der Waals surface area contributed by atoms with Crippen LogP contribution in [0.4, 0.5) is 0 Å². The van der Waals surface area contributed by atoms with E-state index in [0.29, 0.717) is 40.5 Å². The van der Waals surface area contributed by atoms with Gasteiger partial charge in [0.15, 0.2) is 11.4 Å². The number of hydrogen-bond acceptors (Lipinski definition) is 6. The average molecular weight is 335 g/mol. The van der Waals surface area contributed by atoms with E-state index in [2.05, 4.69) is 31.7 Å². The normalized spacial score (nSPS) is 10.9. The molecular formula is C17H13N5O3. The number of nitrogens with one attached hydrogen (secondary N) is 2. The van der Waals surface area contributed by atoms with Gasteiger partial charge < -0.3 is 19.2 Å². The minimum Gasteiger partial charge on any atom is -0.487 e. The number of pyridine rings is 1. The van der Waals surface area contributed by atoms with Gasteiger partial charge in [0.2, 0.25) is 5.82 Å². The molecule has 4 aromatic rings. The first-order valence-corrected chi connectivity index (χ1v) is 7.50. The summed E-state index contributed by atoms with van der Waals surface area (Å²) in [4.78, 5) is 25.4. The van der Waals surface area contributed by atoms with Crippen molar-refractivity contribution in [3.05, 3.63) is 59.7 Å². The fourth-order valence-corrected chi connectivity index (χ4v) is 2.42. The smallest absolute Gasteiger partial charge is 0.323 e. The standard InChI is InChI=1S/C17H13N5O3/c1-2-8-24-13-4-3-7-18-14(13)16-21-15(22-25-16)10-5-6-11-12(9-10)20-17(23)19-11/h2-7,9H,1,8H2,(H2,19,20,23). The van der Waals surface area contributed by atoms with Crippen molar-refractivity contribution in [3.8, 4) is 28.7 Å². The van der Waals surface area contributed by atoms with E-state index in [4.69, 9.17) is 9.26 Å². The van der Waals surface area contributed by atoms with Gasteiger partial charge in [-0.25, -0.2) is 9.78 Å². The van der Waals surface area contributed by atoms with Gasteiger partial charge in [0.25, 0.3) is 5.89 Å². The number of benzene rings is 1. The number of fused-ring (bicyclic) bond motifs is 1. The third-order valence-corrected chi connectivity index (χ3v) is 3.53. The molecule has 8 nitrogen and oxygen atoms in total. The van der Waals surface area contributed by atoms with Gasteiger partial charge in [-0.05, 0) is 30.3 Å². The van der Waals surface area contributed by atoms with E-state index in [1.165, 1.54) is 0 Å². The number of aromatic nitrogens is 5. The number of H-pyrrole nitrogens is 2. The summed E-state index contributed by atoms with van der Waals surface area (Å²) in [5, 5.41) is 3.99. The van der Waals surface area contributed by atoms with Crippen molar-refractivity contribution in [2.24, 2.45) is 0 Å². The Kier molecular flexibility index (Phi) is 3.62. The first-order chi connectivity index (χ1) is 12.2. The zero-order valence-electron chi connectivity index (χ0n) is 13.0. The molecule has 8 heteroatoms. The summed E-state index contributed by atoms with van der Waals surface area (Å²) in [5.41, 5.74) is 2.28. The van der Waals surface area contributed by atoms with Crippen LogP contribution in [0.5, 0.6) is 5.75 Å². The highest BCUT2D eigenvalue weighted by molar-refractivity contribution is 5.80. The van der Waals surface area contributed by atoms with Crippen molar-refractivity contribution in [2.75, 3.05) is 6.61 Å². The topological polar surface area (TPSA) is 110 Å². The summed E-state index contributed by atoms with van der Waals surface area (Å²) in [6.45, 7) is 3.97. The number of ether oxygens (including phenoxy) is 1. The molecular weight excluding hydrogens is 322 g/mol. The lowest BCUT2D eigenvalue weighted by Gasteiger charge is -2.05. The maximum atomic E-state index is 11.4. The van der Waals surface area contributed by atoms with Gasteiger partial charge in [0, 0.05) is 11.8 Å². The molecule has 3 aromatic heterocycles. The molecule has 0 saturated heterocycles. The summed E-state index contributed by atoms with van der Waals surface area (Å²) in [6, 6.07) is 8.88. The van der Waals surface area contributed by atoms with Crippen molar-refractivity contribution in [1.29, 1.82) is 0 Å². The number of rotatable bonds is 5. The maximum Gasteiger partial charge on any atom is 0.323 e. The summed E-state index contributed by atoms with van der Waals surface area (Å²) in [7, 11) is 0. The zero-order valence-corrected chi connectivity index (χ0v) is 13.0. The van der Waals surface area contributed by atoms with Crippen molar-refractivity contribution < 1.29 is 9.26 Å². The van der Waals surface area contributed by atoms with Crippen molar-refractivity contribution >= 4 is 11.0 Å². The molecule has 0 spiro atoms. The highest BCUT2D eigenvalue weighted by atomic mass is 16.5. The Hall–Kier alpha value is -3.68. The highest BCUT2D eigenvalue weighted by Crippen LogP contribution is 2.28. The largest absolute Gasteiger partial charge is 0.487 e. The van der Waals surface area contributed by atoms with E-state index in [0.717, 1.165) is 0 Å². The van der Waals surface area contributed by atoms with Crippen molar-refractivity contribution in [3.63, 3.8) is 0 Å². The van der Waals surface area contributed by atoms with Crippen molar-refractivity contribution in [1.82, 2.24) is 25.1 Å². The Morgan fingerprint density at radius 2 is 2.12 bits per heavy atom. The molecule has 0 amide bonds. The molecule has 3 heterocycles. The average Bonchev–Trinajstić information content (AvgIpc) is 3.25. The third kappa shape index (κ3) is 2.80. The van der Waals surface area contributed by atoms with Crippen LogP contribution in [0.1, 0.15) is 0 Å². The van der Waals surface area contributed by atoms with E-state index < -0.39 is 0 Å². The molecule has 25 heavy (non-hydrogen) atoms. The van der Waals surface area contributed by atoms with E-state index in [9.17, 15) is 4.79 Å². The second kappa shape index (κ2) is 6.08. The first-order valence-electron chi connectivity index (χ1n) is 7.50. The van der Waals surface area contributed by atoms with Gasteiger partial charge in [-0.2, -0.15) is 4.98 Å². The van der Waals surface area contributed by atoms with Crippen molar-refractivity contribution in [2.45, 2.75) is 0 Å². The van der Waals surface area contributed by atoms with Crippen LogP contribution in [0.15, 0.2) is 58.5 Å². The monoisotopic (exact) mass is 335 g/mol. The predicted octanol–water partition coefficient (Wildman–Crippen LogP) is 2.53. The molecule has 124 valence electrons. The predicted molar refractivity (Wildman–Crippen MR) is 91.1 cm³/mol. The number of hydrogen-bond donors (Lipinski definition) is 2. The third-order valence-electron chi connectivity index (χ3n) is 3.53. The SMILES string of the molecule is C=CCOc1cccnc1-c1nc(-c2ccc3[nH]c(=O)[nH]c3c2)no1. The summed E-state index contributed by atoms with van der Waals surface area (Å²) in [6.07, 6.45) is 3.26. The Morgan fingerprint density at radius 3 is 3.00 bits per heavy atom. The second-order valence-electron chi connectivity index (χ2n) is 5.21. The van der Waals surface area contributed by atoms with Crippen LogP contribution in [0.2, 0.25) is 0 Å². The molecule has 1 aromatic carbocycles. The van der Waals surface area contributed by atoms with Crippen LogP contribution in [0, 0.1) is 0 Å². The van der Waals surface area contributed by atoms with Gasteiger partial charge in [0.05, 0.1) is 11.0 Å². The number of nitrogens with zero attached hydrogens (tertiary/aromatic N) is 3. The van der Waals surface area contributed by atoms with E-state index in [-0.39, 0.29) is 11.6 Å². The highest BCUT2D eigenvalue weighted by Gasteiger charge is 2.16. The van der Waals surface area contributed by atoms with E-state index >= 15 is 0 Å². The molecule has 0 bridgehead atoms. The summed E-state index contributed by atoms with van der Waals surface area (Å²) < 4.78 is 10.9. The minimum absolute atomic E-state index is 0.248. The number of imidazole rings is 1. The Labute approximate surface area is 141 Å². The van der Waals surface area contributed by atoms with Gasteiger partial charge in [-0.3, -0.25) is 0 Å². The molecule has 0 aliphatic heterocycles. The lowest BCUT2D eigenvalue weighted by atomic mass is 10.2.